The Kier molecular flexibility index (Phi) is 2.33. The molecule has 2 aromatic heterocycles. The second kappa shape index (κ2) is 3.65. The lowest BCUT2D eigenvalue weighted by molar-refractivity contribution is 1.06. The van der Waals surface area contributed by atoms with Crippen molar-refractivity contribution < 1.29 is 0 Å². The minimum Gasteiger partial charge on any atom is -0.384 e. The van der Waals surface area contributed by atoms with Gasteiger partial charge in [0, 0.05) is 23.5 Å². The summed E-state index contributed by atoms with van der Waals surface area (Å²) in [5, 5.41) is 0. The Labute approximate surface area is 88.2 Å². The summed E-state index contributed by atoms with van der Waals surface area (Å²) >= 11 is 0. The summed E-state index contributed by atoms with van der Waals surface area (Å²) in [6.07, 6.45) is 1.79. The highest BCUT2D eigenvalue weighted by molar-refractivity contribution is 5.60. The summed E-state index contributed by atoms with van der Waals surface area (Å²) in [7, 11) is 0. The van der Waals surface area contributed by atoms with Gasteiger partial charge in [0.25, 0.3) is 0 Å². The number of hydrogen-bond acceptors (Lipinski definition) is 4. The number of nitrogens with two attached hydrogens (primary N) is 1. The molecule has 0 spiro atoms. The minimum atomic E-state index is 0.484. The maximum absolute atomic E-state index is 5.66. The molecule has 2 aromatic rings. The highest BCUT2D eigenvalue weighted by Gasteiger charge is 2.02. The fourth-order valence-electron chi connectivity index (χ4n) is 1.36. The molecule has 2 heterocycles. The van der Waals surface area contributed by atoms with Crippen LogP contribution in [0.2, 0.25) is 0 Å². The number of nitrogen functional groups attached to an aromatic ring is 1. The lowest BCUT2D eigenvalue weighted by atomic mass is 10.2. The molecular formula is C11H12N4. The first kappa shape index (κ1) is 9.58. The molecule has 0 aliphatic heterocycles. The molecular weight excluding hydrogens is 188 g/mol. The topological polar surface area (TPSA) is 64.7 Å². The van der Waals surface area contributed by atoms with Gasteiger partial charge in [-0.3, -0.25) is 4.98 Å². The Morgan fingerprint density at radius 3 is 2.53 bits per heavy atom. The third kappa shape index (κ3) is 2.10. The van der Waals surface area contributed by atoms with Gasteiger partial charge in [-0.25, -0.2) is 9.97 Å². The number of hydrogen-bond donors (Lipinski definition) is 1. The Morgan fingerprint density at radius 2 is 1.93 bits per heavy atom. The summed E-state index contributed by atoms with van der Waals surface area (Å²) in [6.45, 7) is 3.77. The van der Waals surface area contributed by atoms with E-state index in [-0.39, 0.29) is 0 Å². The van der Waals surface area contributed by atoms with E-state index in [4.69, 9.17) is 5.73 Å². The number of anilines is 1. The van der Waals surface area contributed by atoms with Crippen molar-refractivity contribution in [2.24, 2.45) is 0 Å². The van der Waals surface area contributed by atoms with Crippen molar-refractivity contribution in [1.29, 1.82) is 0 Å². The smallest absolute Gasteiger partial charge is 0.128 e. The van der Waals surface area contributed by atoms with Crippen molar-refractivity contribution in [1.82, 2.24) is 15.0 Å². The Bertz CT molecular complexity index is 456. The van der Waals surface area contributed by atoms with Gasteiger partial charge in [0.2, 0.25) is 0 Å². The first-order valence-corrected chi connectivity index (χ1v) is 4.69. The second-order valence-corrected chi connectivity index (χ2v) is 3.41. The third-order valence-electron chi connectivity index (χ3n) is 2.06. The molecule has 0 radical (unpaired) electrons. The first-order valence-electron chi connectivity index (χ1n) is 4.69. The van der Waals surface area contributed by atoms with Crippen molar-refractivity contribution >= 4 is 5.82 Å². The molecule has 4 nitrogen and oxygen atoms in total. The molecule has 15 heavy (non-hydrogen) atoms. The molecule has 0 saturated carbocycles. The second-order valence-electron chi connectivity index (χ2n) is 3.41. The zero-order valence-corrected chi connectivity index (χ0v) is 8.73. The standard InChI is InChI=1S/C11H12N4/c1-7-3-4-9(6-13-7)10-5-11(12)15-8(2)14-10/h3-6H,1-2H3,(H2,12,14,15). The highest BCUT2D eigenvalue weighted by Crippen LogP contribution is 2.17. The molecule has 0 unspecified atom stereocenters. The molecule has 0 fully saturated rings. The Hall–Kier alpha value is -1.97. The van der Waals surface area contributed by atoms with Crippen LogP contribution in [-0.2, 0) is 0 Å². The number of nitrogens with zero attached hydrogens (tertiary/aromatic N) is 3. The van der Waals surface area contributed by atoms with Crippen LogP contribution in [0.4, 0.5) is 5.82 Å². The van der Waals surface area contributed by atoms with Crippen LogP contribution in [0.15, 0.2) is 24.4 Å². The van der Waals surface area contributed by atoms with Crippen molar-refractivity contribution in [3.63, 3.8) is 0 Å². The molecule has 0 amide bonds. The first-order chi connectivity index (χ1) is 7.15. The molecule has 0 saturated heterocycles. The van der Waals surface area contributed by atoms with Gasteiger partial charge in [-0.05, 0) is 26.0 Å². The molecule has 2 rings (SSSR count). The van der Waals surface area contributed by atoms with Crippen LogP contribution in [0, 0.1) is 13.8 Å². The van der Waals surface area contributed by atoms with E-state index in [1.807, 2.05) is 26.0 Å². The van der Waals surface area contributed by atoms with E-state index in [1.54, 1.807) is 12.3 Å². The van der Waals surface area contributed by atoms with Crippen molar-refractivity contribution in [3.8, 4) is 11.3 Å². The van der Waals surface area contributed by atoms with Crippen LogP contribution >= 0.6 is 0 Å². The van der Waals surface area contributed by atoms with Crippen LogP contribution in [0.1, 0.15) is 11.5 Å². The fraction of sp³-hybridized carbons (Fsp3) is 0.182. The lowest BCUT2D eigenvalue weighted by Crippen LogP contribution is -1.97. The SMILES string of the molecule is Cc1ccc(-c2cc(N)nc(C)n2)cn1. The quantitative estimate of drug-likeness (QED) is 0.761. The van der Waals surface area contributed by atoms with Crippen molar-refractivity contribution in [2.75, 3.05) is 5.73 Å². The average Bonchev–Trinajstić information content (AvgIpc) is 2.17. The van der Waals surface area contributed by atoms with Crippen LogP contribution in [-0.4, -0.2) is 15.0 Å². The van der Waals surface area contributed by atoms with E-state index in [9.17, 15) is 0 Å². The fourth-order valence-corrected chi connectivity index (χ4v) is 1.36. The van der Waals surface area contributed by atoms with E-state index in [2.05, 4.69) is 15.0 Å². The average molecular weight is 200 g/mol. The maximum Gasteiger partial charge on any atom is 0.128 e. The predicted octanol–water partition coefficient (Wildman–Crippen LogP) is 1.74. The molecule has 2 N–H and O–H groups in total. The van der Waals surface area contributed by atoms with Crippen molar-refractivity contribution in [2.45, 2.75) is 13.8 Å². The van der Waals surface area contributed by atoms with Gasteiger partial charge in [-0.1, -0.05) is 0 Å². The minimum absolute atomic E-state index is 0.484. The number of aryl methyl sites for hydroxylation is 2. The number of rotatable bonds is 1. The predicted molar refractivity (Wildman–Crippen MR) is 59.1 cm³/mol. The molecule has 0 atom stereocenters. The monoisotopic (exact) mass is 200 g/mol. The van der Waals surface area contributed by atoms with Gasteiger partial charge >= 0.3 is 0 Å². The largest absolute Gasteiger partial charge is 0.384 e. The summed E-state index contributed by atoms with van der Waals surface area (Å²) in [5.74, 6) is 1.16. The molecule has 0 bridgehead atoms. The van der Waals surface area contributed by atoms with Crippen LogP contribution in [0.5, 0.6) is 0 Å². The van der Waals surface area contributed by atoms with E-state index < -0.39 is 0 Å². The molecule has 0 aliphatic rings. The molecule has 76 valence electrons. The maximum atomic E-state index is 5.66. The van der Waals surface area contributed by atoms with Gasteiger partial charge < -0.3 is 5.73 Å². The van der Waals surface area contributed by atoms with Crippen LogP contribution in [0.3, 0.4) is 0 Å². The van der Waals surface area contributed by atoms with Gasteiger partial charge in [-0.15, -0.1) is 0 Å². The number of pyridine rings is 1. The van der Waals surface area contributed by atoms with E-state index >= 15 is 0 Å². The summed E-state index contributed by atoms with van der Waals surface area (Å²) < 4.78 is 0. The third-order valence-corrected chi connectivity index (χ3v) is 2.06. The van der Waals surface area contributed by atoms with Gasteiger partial charge in [0.15, 0.2) is 0 Å². The van der Waals surface area contributed by atoms with E-state index in [1.165, 1.54) is 0 Å². The lowest BCUT2D eigenvalue weighted by Gasteiger charge is -2.03. The normalized spacial score (nSPS) is 10.3. The summed E-state index contributed by atoms with van der Waals surface area (Å²) in [5.41, 5.74) is 8.41. The number of aromatic nitrogens is 3. The summed E-state index contributed by atoms with van der Waals surface area (Å²) in [4.78, 5) is 12.5. The summed E-state index contributed by atoms with van der Waals surface area (Å²) in [6, 6.07) is 5.67. The Balaban J connectivity index is 2.49. The highest BCUT2D eigenvalue weighted by atomic mass is 14.9. The van der Waals surface area contributed by atoms with Crippen LogP contribution < -0.4 is 5.73 Å². The zero-order chi connectivity index (χ0) is 10.8. The van der Waals surface area contributed by atoms with Crippen LogP contribution in [0.25, 0.3) is 11.3 Å². The Morgan fingerprint density at radius 1 is 1.13 bits per heavy atom. The van der Waals surface area contributed by atoms with E-state index in [0.717, 1.165) is 17.0 Å². The van der Waals surface area contributed by atoms with Gasteiger partial charge in [-0.2, -0.15) is 0 Å². The van der Waals surface area contributed by atoms with Gasteiger partial charge in [0.05, 0.1) is 5.69 Å². The van der Waals surface area contributed by atoms with Gasteiger partial charge in [0.1, 0.15) is 11.6 Å². The van der Waals surface area contributed by atoms with E-state index in [0.29, 0.717) is 11.6 Å². The molecule has 0 aliphatic carbocycles. The molecule has 4 heteroatoms. The zero-order valence-electron chi connectivity index (χ0n) is 8.73. The molecule has 0 aromatic carbocycles. The van der Waals surface area contributed by atoms with Crippen molar-refractivity contribution in [3.05, 3.63) is 35.9 Å².